The molecule has 0 bridgehead atoms. The van der Waals surface area contributed by atoms with Gasteiger partial charge in [0.15, 0.2) is 0 Å². The first-order chi connectivity index (χ1) is 13.4. The standard InChI is InChI=1S/C22H18N4O/c1-2-6-16(7-3-1)17-12-19-18-8-4-5-9-20(18)25-22(19)21(13-17)27-11-10-26-15-23-14-24-26/h1-9,12-15,25H,10-11H2. The van der Waals surface area contributed by atoms with Gasteiger partial charge in [-0.1, -0.05) is 48.5 Å². The number of rotatable bonds is 5. The Morgan fingerprint density at radius 2 is 1.74 bits per heavy atom. The molecule has 0 unspecified atom stereocenters. The molecule has 0 spiro atoms. The van der Waals surface area contributed by atoms with E-state index in [0.717, 1.165) is 22.3 Å². The molecule has 2 aromatic heterocycles. The number of hydrogen-bond donors (Lipinski definition) is 1. The third-order valence-corrected chi connectivity index (χ3v) is 4.73. The maximum Gasteiger partial charge on any atom is 0.144 e. The first-order valence-electron chi connectivity index (χ1n) is 8.93. The molecule has 0 aliphatic rings. The second-order valence-electron chi connectivity index (χ2n) is 6.44. The lowest BCUT2D eigenvalue weighted by atomic mass is 10.0. The van der Waals surface area contributed by atoms with Crippen LogP contribution in [0.1, 0.15) is 0 Å². The fourth-order valence-electron chi connectivity index (χ4n) is 3.43. The molecule has 5 aromatic rings. The smallest absolute Gasteiger partial charge is 0.144 e. The highest BCUT2D eigenvalue weighted by molar-refractivity contribution is 6.10. The highest BCUT2D eigenvalue weighted by atomic mass is 16.5. The second-order valence-corrected chi connectivity index (χ2v) is 6.44. The second kappa shape index (κ2) is 6.61. The molecule has 0 amide bonds. The topological polar surface area (TPSA) is 55.7 Å². The molecular formula is C22H18N4O. The number of H-pyrrole nitrogens is 1. The third-order valence-electron chi connectivity index (χ3n) is 4.73. The minimum atomic E-state index is 0.520. The zero-order valence-electron chi connectivity index (χ0n) is 14.7. The maximum atomic E-state index is 6.16. The molecule has 0 atom stereocenters. The normalized spacial score (nSPS) is 11.3. The number of aromatic amines is 1. The predicted octanol–water partition coefficient (Wildman–Crippen LogP) is 4.66. The van der Waals surface area contributed by atoms with Crippen molar-refractivity contribution in [2.45, 2.75) is 6.54 Å². The SMILES string of the molecule is c1ccc(-c2cc(OCCn3cncn3)c3[nH]c4ccccc4c3c2)cc1. The van der Waals surface area contributed by atoms with Crippen LogP contribution in [0.4, 0.5) is 0 Å². The van der Waals surface area contributed by atoms with E-state index in [2.05, 4.69) is 69.7 Å². The van der Waals surface area contributed by atoms with Gasteiger partial charge in [-0.05, 0) is 29.3 Å². The van der Waals surface area contributed by atoms with Crippen molar-refractivity contribution in [2.75, 3.05) is 6.61 Å². The Morgan fingerprint density at radius 3 is 2.59 bits per heavy atom. The van der Waals surface area contributed by atoms with E-state index in [1.165, 1.54) is 22.7 Å². The van der Waals surface area contributed by atoms with E-state index in [-0.39, 0.29) is 0 Å². The summed E-state index contributed by atoms with van der Waals surface area (Å²) in [4.78, 5) is 7.48. The van der Waals surface area contributed by atoms with Crippen LogP contribution in [0.5, 0.6) is 5.75 Å². The summed E-state index contributed by atoms with van der Waals surface area (Å²) in [6.07, 6.45) is 3.23. The first kappa shape index (κ1) is 15.6. The van der Waals surface area contributed by atoms with E-state index in [9.17, 15) is 0 Å². The molecule has 132 valence electrons. The highest BCUT2D eigenvalue weighted by Crippen LogP contribution is 2.36. The minimum Gasteiger partial charge on any atom is -0.489 e. The van der Waals surface area contributed by atoms with Crippen molar-refractivity contribution >= 4 is 21.8 Å². The van der Waals surface area contributed by atoms with Crippen molar-refractivity contribution in [2.24, 2.45) is 0 Å². The Bertz CT molecular complexity index is 1190. The van der Waals surface area contributed by atoms with Crippen molar-refractivity contribution in [3.63, 3.8) is 0 Å². The molecule has 1 N–H and O–H groups in total. The Labute approximate surface area is 156 Å². The number of nitrogens with zero attached hydrogens (tertiary/aromatic N) is 3. The van der Waals surface area contributed by atoms with Crippen LogP contribution in [-0.4, -0.2) is 26.4 Å². The Kier molecular flexibility index (Phi) is 3.83. The molecular weight excluding hydrogens is 336 g/mol. The van der Waals surface area contributed by atoms with Gasteiger partial charge < -0.3 is 9.72 Å². The van der Waals surface area contributed by atoms with Gasteiger partial charge in [0.05, 0.1) is 12.1 Å². The molecule has 0 radical (unpaired) electrons. The van der Waals surface area contributed by atoms with E-state index in [4.69, 9.17) is 4.74 Å². The van der Waals surface area contributed by atoms with Crippen LogP contribution < -0.4 is 4.74 Å². The third kappa shape index (κ3) is 2.93. The summed E-state index contributed by atoms with van der Waals surface area (Å²) in [5.41, 5.74) is 4.45. The molecule has 3 aromatic carbocycles. The fourth-order valence-corrected chi connectivity index (χ4v) is 3.43. The molecule has 5 heteroatoms. The zero-order valence-corrected chi connectivity index (χ0v) is 14.7. The molecule has 0 saturated heterocycles. The van der Waals surface area contributed by atoms with E-state index in [1.54, 1.807) is 11.0 Å². The van der Waals surface area contributed by atoms with Gasteiger partial charge in [0.1, 0.15) is 25.0 Å². The summed E-state index contributed by atoms with van der Waals surface area (Å²) in [6.45, 7) is 1.17. The summed E-state index contributed by atoms with van der Waals surface area (Å²) in [7, 11) is 0. The van der Waals surface area contributed by atoms with Gasteiger partial charge in [-0.25, -0.2) is 9.67 Å². The van der Waals surface area contributed by atoms with Gasteiger partial charge >= 0.3 is 0 Å². The molecule has 0 saturated carbocycles. The number of aromatic nitrogens is 4. The lowest BCUT2D eigenvalue weighted by Gasteiger charge is -2.10. The van der Waals surface area contributed by atoms with Crippen molar-refractivity contribution < 1.29 is 4.74 Å². The van der Waals surface area contributed by atoms with Crippen molar-refractivity contribution in [3.05, 3.63) is 79.4 Å². The first-order valence-corrected chi connectivity index (χ1v) is 8.93. The van der Waals surface area contributed by atoms with Crippen LogP contribution in [-0.2, 0) is 6.54 Å². The molecule has 5 nitrogen and oxygen atoms in total. The Balaban J connectivity index is 1.60. The van der Waals surface area contributed by atoms with Gasteiger partial charge in [0.2, 0.25) is 0 Å². The molecule has 27 heavy (non-hydrogen) atoms. The van der Waals surface area contributed by atoms with Crippen LogP contribution in [0.2, 0.25) is 0 Å². The molecule has 2 heterocycles. The largest absolute Gasteiger partial charge is 0.489 e. The monoisotopic (exact) mass is 354 g/mol. The average molecular weight is 354 g/mol. The minimum absolute atomic E-state index is 0.520. The van der Waals surface area contributed by atoms with E-state index in [1.807, 2.05) is 12.1 Å². The number of para-hydroxylation sites is 1. The van der Waals surface area contributed by atoms with Gasteiger partial charge in [-0.3, -0.25) is 0 Å². The van der Waals surface area contributed by atoms with Gasteiger partial charge in [0.25, 0.3) is 0 Å². The van der Waals surface area contributed by atoms with Crippen molar-refractivity contribution in [1.82, 2.24) is 19.7 Å². The molecule has 0 aliphatic carbocycles. The Hall–Kier alpha value is -3.60. The average Bonchev–Trinajstić information content (AvgIpc) is 3.36. The summed E-state index contributed by atoms with van der Waals surface area (Å²) < 4.78 is 7.93. The van der Waals surface area contributed by atoms with Crippen molar-refractivity contribution in [1.29, 1.82) is 0 Å². The number of ether oxygens (including phenoxy) is 1. The van der Waals surface area contributed by atoms with Crippen LogP contribution in [0.25, 0.3) is 32.9 Å². The molecule has 0 aliphatic heterocycles. The van der Waals surface area contributed by atoms with E-state index < -0.39 is 0 Å². The van der Waals surface area contributed by atoms with Crippen LogP contribution in [0.3, 0.4) is 0 Å². The number of hydrogen-bond acceptors (Lipinski definition) is 3. The van der Waals surface area contributed by atoms with Crippen LogP contribution >= 0.6 is 0 Å². The van der Waals surface area contributed by atoms with E-state index >= 15 is 0 Å². The maximum absolute atomic E-state index is 6.16. The van der Waals surface area contributed by atoms with Crippen molar-refractivity contribution in [3.8, 4) is 16.9 Å². The lowest BCUT2D eigenvalue weighted by molar-refractivity contribution is 0.294. The van der Waals surface area contributed by atoms with Gasteiger partial charge in [-0.2, -0.15) is 5.10 Å². The predicted molar refractivity (Wildman–Crippen MR) is 107 cm³/mol. The molecule has 5 rings (SSSR count). The number of fused-ring (bicyclic) bond motifs is 3. The quantitative estimate of drug-likeness (QED) is 0.499. The summed E-state index contributed by atoms with van der Waals surface area (Å²) in [5.74, 6) is 0.850. The summed E-state index contributed by atoms with van der Waals surface area (Å²) in [5, 5.41) is 6.50. The zero-order chi connectivity index (χ0) is 18.1. The van der Waals surface area contributed by atoms with Gasteiger partial charge in [0, 0.05) is 16.3 Å². The molecule has 0 fully saturated rings. The fraction of sp³-hybridized carbons (Fsp3) is 0.0909. The van der Waals surface area contributed by atoms with E-state index in [0.29, 0.717) is 13.2 Å². The van der Waals surface area contributed by atoms with Crippen LogP contribution in [0, 0.1) is 0 Å². The summed E-state index contributed by atoms with van der Waals surface area (Å²) in [6, 6.07) is 23.1. The number of benzene rings is 3. The summed E-state index contributed by atoms with van der Waals surface area (Å²) >= 11 is 0. The Morgan fingerprint density at radius 1 is 0.889 bits per heavy atom. The number of nitrogens with one attached hydrogen (secondary N) is 1. The van der Waals surface area contributed by atoms with Crippen LogP contribution in [0.15, 0.2) is 79.4 Å². The lowest BCUT2D eigenvalue weighted by Crippen LogP contribution is -2.08. The van der Waals surface area contributed by atoms with Gasteiger partial charge in [-0.15, -0.1) is 0 Å². The highest BCUT2D eigenvalue weighted by Gasteiger charge is 2.12.